The van der Waals surface area contributed by atoms with Crippen molar-refractivity contribution in [2.24, 2.45) is 0 Å². The fourth-order valence-corrected chi connectivity index (χ4v) is 7.37. The number of aliphatic hydroxyl groups is 1. The number of aryl methyl sites for hydroxylation is 1. The monoisotopic (exact) mass is 767 g/mol. The number of nitrogens with zero attached hydrogens (tertiary/aromatic N) is 2. The van der Waals surface area contributed by atoms with Crippen LogP contribution in [0.3, 0.4) is 0 Å². The number of piperazine rings is 1. The number of carbonyl (C=O) groups excluding carboxylic acids is 2. The lowest BCUT2D eigenvalue weighted by Crippen LogP contribution is -2.62. The fourth-order valence-electron chi connectivity index (χ4n) is 6.81. The first-order valence-electron chi connectivity index (χ1n) is 16.9. The molecule has 6 rings (SSSR count). The third kappa shape index (κ3) is 8.93. The Morgan fingerprint density at radius 1 is 1.06 bits per heavy atom. The summed E-state index contributed by atoms with van der Waals surface area (Å²) in [5.74, 6) is -1.49. The first-order valence-corrected chi connectivity index (χ1v) is 18.1. The molecule has 2 aliphatic heterocycles. The molecule has 264 valence electrons. The van der Waals surface area contributed by atoms with Crippen molar-refractivity contribution in [2.75, 3.05) is 19.7 Å². The maximum Gasteiger partial charge on any atom is 0.305 e. The largest absolute Gasteiger partial charge is 0.492 e. The second-order valence-corrected chi connectivity index (χ2v) is 14.5. The SMILES string of the molecule is O=C(O)C[C@@H](O)CC(=O)N1C[C@H]2CC(c3ccc(CCCOc4cc(F)ccc4Br)cc3)=C(C(=O)N(Cc3ccccc3Cl)C3CC3)[C@@H](C1)N2. The molecule has 12 heteroatoms. The van der Waals surface area contributed by atoms with Crippen molar-refractivity contribution in [3.05, 3.63) is 104 Å². The average Bonchev–Trinajstić information content (AvgIpc) is 3.92. The average molecular weight is 769 g/mol. The number of ether oxygens (including phenoxy) is 1. The van der Waals surface area contributed by atoms with Crippen molar-refractivity contribution in [1.29, 1.82) is 0 Å². The summed E-state index contributed by atoms with van der Waals surface area (Å²) in [6.07, 6.45) is 1.72. The number of carboxylic acid groups (broad SMARTS) is 1. The minimum Gasteiger partial charge on any atom is -0.492 e. The van der Waals surface area contributed by atoms with Crippen LogP contribution in [0.5, 0.6) is 5.75 Å². The number of rotatable bonds is 14. The van der Waals surface area contributed by atoms with Gasteiger partial charge in [-0.05, 0) is 88.5 Å². The number of hydrogen-bond acceptors (Lipinski definition) is 6. The maximum absolute atomic E-state index is 14.7. The summed E-state index contributed by atoms with van der Waals surface area (Å²) in [5.41, 5.74) is 4.47. The number of nitrogens with one attached hydrogen (secondary N) is 1. The minimum atomic E-state index is -1.28. The van der Waals surface area contributed by atoms with Gasteiger partial charge in [-0.1, -0.05) is 54.1 Å². The zero-order valence-corrected chi connectivity index (χ0v) is 29.8. The number of carboxylic acids is 1. The van der Waals surface area contributed by atoms with E-state index in [1.54, 1.807) is 11.0 Å². The van der Waals surface area contributed by atoms with E-state index in [1.165, 1.54) is 12.1 Å². The van der Waals surface area contributed by atoms with Gasteiger partial charge < -0.3 is 30.1 Å². The van der Waals surface area contributed by atoms with Gasteiger partial charge in [-0.15, -0.1) is 0 Å². The van der Waals surface area contributed by atoms with Crippen LogP contribution in [0.1, 0.15) is 55.2 Å². The molecule has 3 aromatic carbocycles. The zero-order valence-electron chi connectivity index (χ0n) is 27.5. The highest BCUT2D eigenvalue weighted by Crippen LogP contribution is 2.38. The molecular formula is C38H40BrClFN3O6. The third-order valence-electron chi connectivity index (χ3n) is 9.42. The second-order valence-electron chi connectivity index (χ2n) is 13.2. The van der Waals surface area contributed by atoms with Crippen molar-refractivity contribution in [2.45, 2.75) is 75.7 Å². The Morgan fingerprint density at radius 2 is 1.82 bits per heavy atom. The number of carbonyl (C=O) groups is 3. The molecule has 0 aromatic heterocycles. The van der Waals surface area contributed by atoms with E-state index in [-0.39, 0.29) is 42.7 Å². The van der Waals surface area contributed by atoms with E-state index in [0.29, 0.717) is 46.9 Å². The van der Waals surface area contributed by atoms with Gasteiger partial charge in [-0.25, -0.2) is 4.39 Å². The summed E-state index contributed by atoms with van der Waals surface area (Å²) >= 11 is 9.93. The molecule has 1 saturated heterocycles. The summed E-state index contributed by atoms with van der Waals surface area (Å²) < 4.78 is 20.1. The van der Waals surface area contributed by atoms with Gasteiger partial charge in [0.1, 0.15) is 11.6 Å². The minimum absolute atomic E-state index is 0.0929. The molecule has 9 nitrogen and oxygen atoms in total. The first-order chi connectivity index (χ1) is 24.0. The molecule has 0 unspecified atom stereocenters. The van der Waals surface area contributed by atoms with Gasteiger partial charge in [0.05, 0.1) is 36.1 Å². The molecule has 3 atom stereocenters. The number of hydrogen-bond donors (Lipinski definition) is 3. The first kappa shape index (κ1) is 36.0. The quantitative estimate of drug-likeness (QED) is 0.172. The van der Waals surface area contributed by atoms with Gasteiger partial charge in [0.15, 0.2) is 0 Å². The van der Waals surface area contributed by atoms with E-state index in [4.69, 9.17) is 21.4 Å². The van der Waals surface area contributed by atoms with Crippen molar-refractivity contribution >= 4 is 50.9 Å². The normalized spacial score (nSPS) is 19.2. The summed E-state index contributed by atoms with van der Waals surface area (Å²) in [4.78, 5) is 42.6. The van der Waals surface area contributed by atoms with Crippen molar-refractivity contribution in [1.82, 2.24) is 15.1 Å². The van der Waals surface area contributed by atoms with Gasteiger partial charge >= 0.3 is 5.97 Å². The number of amides is 2. The molecule has 50 heavy (non-hydrogen) atoms. The summed E-state index contributed by atoms with van der Waals surface area (Å²) in [6.45, 7) is 1.40. The smallest absolute Gasteiger partial charge is 0.305 e. The van der Waals surface area contributed by atoms with E-state index in [9.17, 15) is 23.9 Å². The second kappa shape index (κ2) is 16.1. The molecule has 2 bridgehead atoms. The Hall–Kier alpha value is -3.77. The van der Waals surface area contributed by atoms with Crippen molar-refractivity contribution in [3.8, 4) is 5.75 Å². The molecule has 3 N–H and O–H groups in total. The van der Waals surface area contributed by atoms with E-state index in [0.717, 1.165) is 47.9 Å². The van der Waals surface area contributed by atoms with Gasteiger partial charge in [-0.2, -0.15) is 0 Å². The van der Waals surface area contributed by atoms with E-state index < -0.39 is 24.5 Å². The molecule has 0 radical (unpaired) electrons. The highest BCUT2D eigenvalue weighted by Gasteiger charge is 2.43. The molecule has 3 aromatic rings. The summed E-state index contributed by atoms with van der Waals surface area (Å²) in [6, 6.07) is 19.6. The van der Waals surface area contributed by atoms with Crippen LogP contribution in [0.4, 0.5) is 4.39 Å². The highest BCUT2D eigenvalue weighted by molar-refractivity contribution is 9.10. The van der Waals surface area contributed by atoms with E-state index in [1.807, 2.05) is 41.3 Å². The van der Waals surface area contributed by atoms with Crippen molar-refractivity contribution < 1.29 is 33.7 Å². The van der Waals surface area contributed by atoms with E-state index in [2.05, 4.69) is 33.4 Å². The van der Waals surface area contributed by atoms with Gasteiger partial charge in [0.2, 0.25) is 5.91 Å². The van der Waals surface area contributed by atoms with Gasteiger partial charge in [0, 0.05) is 48.4 Å². The van der Waals surface area contributed by atoms with Crippen LogP contribution >= 0.6 is 27.5 Å². The lowest BCUT2D eigenvalue weighted by Gasteiger charge is -2.45. The Balaban J connectivity index is 1.23. The Labute approximate surface area is 304 Å². The number of benzene rings is 3. The van der Waals surface area contributed by atoms with Gasteiger partial charge in [0.25, 0.3) is 5.91 Å². The summed E-state index contributed by atoms with van der Waals surface area (Å²) in [5, 5.41) is 23.4. The molecule has 2 amide bonds. The van der Waals surface area contributed by atoms with Crippen LogP contribution in [0.2, 0.25) is 5.02 Å². The van der Waals surface area contributed by atoms with Crippen molar-refractivity contribution in [3.63, 3.8) is 0 Å². The highest BCUT2D eigenvalue weighted by atomic mass is 79.9. The molecule has 1 saturated carbocycles. The van der Waals surface area contributed by atoms with Gasteiger partial charge in [-0.3, -0.25) is 14.4 Å². The maximum atomic E-state index is 14.7. The molecule has 1 aliphatic carbocycles. The number of aliphatic hydroxyl groups excluding tert-OH is 1. The number of aliphatic carboxylic acids is 1. The molecule has 3 aliphatic rings. The standard InChI is InChI=1S/C38H40BrClFN3O6/c39-31-14-11-26(41)16-34(31)50-15-3-4-23-7-9-24(10-8-23)30-17-27-21-43(35(46)18-29(45)19-36(47)48)22-33(42-27)37(30)38(49)44(28-12-13-28)20-25-5-1-2-6-32(25)40/h1-2,5-11,14,16,27-29,33,42,45H,3-4,12-13,15,17-22H2,(H,47,48)/t27-,29+,33-/m1/s1. The Bertz CT molecular complexity index is 1770. The fraction of sp³-hybridized carbons (Fsp3) is 0.395. The predicted molar refractivity (Wildman–Crippen MR) is 191 cm³/mol. The molecular weight excluding hydrogens is 729 g/mol. The van der Waals surface area contributed by atoms with Crippen LogP contribution in [0.25, 0.3) is 5.57 Å². The topological polar surface area (TPSA) is 119 Å². The third-order valence-corrected chi connectivity index (χ3v) is 10.4. The molecule has 2 heterocycles. The lowest BCUT2D eigenvalue weighted by atomic mass is 9.82. The zero-order chi connectivity index (χ0) is 35.4. The Morgan fingerprint density at radius 3 is 2.54 bits per heavy atom. The Kier molecular flexibility index (Phi) is 11.6. The van der Waals surface area contributed by atoms with Crippen LogP contribution in [-0.4, -0.2) is 81.7 Å². The van der Waals surface area contributed by atoms with Crippen LogP contribution in [0.15, 0.2) is 76.8 Å². The van der Waals surface area contributed by atoms with E-state index >= 15 is 0 Å². The number of halogens is 3. The molecule has 0 spiro atoms. The lowest BCUT2D eigenvalue weighted by molar-refractivity contribution is -0.141. The molecule has 2 fully saturated rings. The van der Waals surface area contributed by atoms with Crippen LogP contribution < -0.4 is 10.1 Å². The van der Waals surface area contributed by atoms with Crippen LogP contribution in [-0.2, 0) is 27.3 Å². The predicted octanol–water partition coefficient (Wildman–Crippen LogP) is 6.00. The number of fused-ring (bicyclic) bond motifs is 2. The van der Waals surface area contributed by atoms with Crippen LogP contribution in [0, 0.1) is 5.82 Å². The summed E-state index contributed by atoms with van der Waals surface area (Å²) in [7, 11) is 0.